The number of rotatable bonds is 5. The Morgan fingerprint density at radius 3 is 2.33 bits per heavy atom. The summed E-state index contributed by atoms with van der Waals surface area (Å²) < 4.78 is 24.0. The largest absolute Gasteiger partial charge is 0.368 e. The maximum atomic E-state index is 12.0. The molecule has 3 aromatic carbocycles. The first-order valence-electron chi connectivity index (χ1n) is 10.3. The molecule has 1 heterocycles. The van der Waals surface area contributed by atoms with Crippen molar-refractivity contribution in [1.82, 2.24) is 4.90 Å². The van der Waals surface area contributed by atoms with Crippen molar-refractivity contribution in [3.8, 4) is 0 Å². The maximum Gasteiger partial charge on any atom is 0.175 e. The molecule has 1 fully saturated rings. The second-order valence-electron chi connectivity index (χ2n) is 8.10. The topological polar surface area (TPSA) is 40.6 Å². The predicted octanol–water partition coefficient (Wildman–Crippen LogP) is 4.46. The fraction of sp³-hybridized carbons (Fsp3) is 0.280. The molecule has 156 valence electrons. The zero-order chi connectivity index (χ0) is 21.1. The van der Waals surface area contributed by atoms with Crippen molar-refractivity contribution < 1.29 is 8.42 Å². The average Bonchev–Trinajstić information content (AvgIpc) is 2.76. The molecule has 0 bridgehead atoms. The van der Waals surface area contributed by atoms with E-state index < -0.39 is 9.84 Å². The van der Waals surface area contributed by atoms with Crippen LogP contribution in [-0.2, 0) is 16.4 Å². The molecular weight excluding hydrogens is 392 g/mol. The van der Waals surface area contributed by atoms with Crippen molar-refractivity contribution in [1.29, 1.82) is 0 Å². The first kappa shape index (κ1) is 20.6. The minimum absolute atomic E-state index is 0.239. The van der Waals surface area contributed by atoms with Crippen molar-refractivity contribution in [3.05, 3.63) is 95.6 Å². The van der Waals surface area contributed by atoms with Gasteiger partial charge < -0.3 is 4.90 Å². The summed E-state index contributed by atoms with van der Waals surface area (Å²) >= 11 is 0. The Bertz CT molecular complexity index is 1100. The van der Waals surface area contributed by atoms with Gasteiger partial charge in [0.25, 0.3) is 0 Å². The summed E-state index contributed by atoms with van der Waals surface area (Å²) in [6.45, 7) is 5.61. The highest BCUT2D eigenvalue weighted by atomic mass is 32.2. The van der Waals surface area contributed by atoms with Gasteiger partial charge in [-0.05, 0) is 36.2 Å². The molecule has 30 heavy (non-hydrogen) atoms. The summed E-state index contributed by atoms with van der Waals surface area (Å²) in [7, 11) is -3.22. The fourth-order valence-corrected chi connectivity index (χ4v) is 4.74. The molecule has 0 N–H and O–H groups in total. The Morgan fingerprint density at radius 1 is 0.900 bits per heavy atom. The SMILES string of the molecule is Cc1ccc(CN2CCN(c3cccc(S(C)(=O)=O)c3)C[C@H]2c2ccccc2)cc1. The van der Waals surface area contributed by atoms with Gasteiger partial charge in [0, 0.05) is 38.1 Å². The lowest BCUT2D eigenvalue weighted by Crippen LogP contribution is -2.48. The maximum absolute atomic E-state index is 12.0. The third-order valence-electron chi connectivity index (χ3n) is 5.79. The number of hydrogen-bond acceptors (Lipinski definition) is 4. The molecule has 5 heteroatoms. The first-order valence-corrected chi connectivity index (χ1v) is 12.2. The van der Waals surface area contributed by atoms with Crippen molar-refractivity contribution in [2.45, 2.75) is 24.4 Å². The van der Waals surface area contributed by atoms with E-state index in [1.54, 1.807) is 12.1 Å². The van der Waals surface area contributed by atoms with E-state index in [0.717, 1.165) is 31.9 Å². The Kier molecular flexibility index (Phi) is 5.93. The van der Waals surface area contributed by atoms with Gasteiger partial charge in [-0.3, -0.25) is 4.90 Å². The normalized spacial score (nSPS) is 17.8. The monoisotopic (exact) mass is 420 g/mol. The lowest BCUT2D eigenvalue weighted by atomic mass is 10.0. The van der Waals surface area contributed by atoms with Crippen molar-refractivity contribution in [3.63, 3.8) is 0 Å². The Morgan fingerprint density at radius 2 is 1.63 bits per heavy atom. The summed E-state index contributed by atoms with van der Waals surface area (Å²) in [4.78, 5) is 5.20. The van der Waals surface area contributed by atoms with Gasteiger partial charge in [-0.2, -0.15) is 0 Å². The van der Waals surface area contributed by atoms with Crippen LogP contribution in [0.4, 0.5) is 5.69 Å². The van der Waals surface area contributed by atoms with Crippen LogP contribution in [-0.4, -0.2) is 39.2 Å². The highest BCUT2D eigenvalue weighted by molar-refractivity contribution is 7.90. The van der Waals surface area contributed by atoms with Crippen LogP contribution in [0.5, 0.6) is 0 Å². The third-order valence-corrected chi connectivity index (χ3v) is 6.90. The number of hydrogen-bond donors (Lipinski definition) is 0. The van der Waals surface area contributed by atoms with Crippen LogP contribution in [0.1, 0.15) is 22.7 Å². The zero-order valence-corrected chi connectivity index (χ0v) is 18.3. The standard InChI is InChI=1S/C25H28N2O2S/c1-20-11-13-21(14-12-20)18-27-16-15-26(19-25(27)22-7-4-3-5-8-22)23-9-6-10-24(17-23)30(2,28)29/h3-14,17,25H,15-16,18-19H2,1-2H3/t25-/m0/s1. The molecule has 4 nitrogen and oxygen atoms in total. The number of piperazine rings is 1. The molecule has 0 radical (unpaired) electrons. The lowest BCUT2D eigenvalue weighted by molar-refractivity contribution is 0.169. The van der Waals surface area contributed by atoms with Crippen molar-refractivity contribution in [2.24, 2.45) is 0 Å². The smallest absolute Gasteiger partial charge is 0.175 e. The Labute approximate surface area is 179 Å². The number of anilines is 1. The quantitative estimate of drug-likeness (QED) is 0.611. The Balaban J connectivity index is 1.61. The van der Waals surface area contributed by atoms with E-state index in [4.69, 9.17) is 0 Å². The zero-order valence-electron chi connectivity index (χ0n) is 17.5. The van der Waals surface area contributed by atoms with Crippen LogP contribution in [0.15, 0.2) is 83.8 Å². The molecule has 1 aliphatic rings. The minimum atomic E-state index is -3.22. The summed E-state index contributed by atoms with van der Waals surface area (Å²) in [5.74, 6) is 0. The average molecular weight is 421 g/mol. The fourth-order valence-electron chi connectivity index (χ4n) is 4.07. The molecule has 1 aliphatic heterocycles. The van der Waals surface area contributed by atoms with Crippen LogP contribution < -0.4 is 4.90 Å². The number of aryl methyl sites for hydroxylation is 1. The minimum Gasteiger partial charge on any atom is -0.368 e. The molecule has 0 spiro atoms. The number of sulfone groups is 1. The van der Waals surface area contributed by atoms with Gasteiger partial charge in [-0.15, -0.1) is 0 Å². The van der Waals surface area contributed by atoms with E-state index in [-0.39, 0.29) is 6.04 Å². The molecule has 0 saturated carbocycles. The van der Waals surface area contributed by atoms with E-state index in [0.29, 0.717) is 4.90 Å². The van der Waals surface area contributed by atoms with Crippen LogP contribution in [0.2, 0.25) is 0 Å². The van der Waals surface area contributed by atoms with Crippen LogP contribution >= 0.6 is 0 Å². The van der Waals surface area contributed by atoms with Gasteiger partial charge in [-0.1, -0.05) is 66.2 Å². The van der Waals surface area contributed by atoms with Gasteiger partial charge in [0.15, 0.2) is 9.84 Å². The molecule has 0 unspecified atom stereocenters. The molecule has 1 saturated heterocycles. The van der Waals surface area contributed by atoms with Gasteiger partial charge in [0.1, 0.15) is 0 Å². The lowest BCUT2D eigenvalue weighted by Gasteiger charge is -2.43. The molecule has 1 atom stereocenters. The Hall–Kier alpha value is -2.63. The van der Waals surface area contributed by atoms with Crippen LogP contribution in [0.25, 0.3) is 0 Å². The van der Waals surface area contributed by atoms with E-state index in [1.165, 1.54) is 22.9 Å². The first-order chi connectivity index (χ1) is 14.4. The van der Waals surface area contributed by atoms with Gasteiger partial charge in [0.05, 0.1) is 10.9 Å². The second-order valence-corrected chi connectivity index (χ2v) is 10.1. The number of benzene rings is 3. The molecule has 0 amide bonds. The molecule has 0 aromatic heterocycles. The summed E-state index contributed by atoms with van der Waals surface area (Å²) in [6, 6.07) is 26.9. The molecular formula is C25H28N2O2S. The van der Waals surface area contributed by atoms with E-state index in [1.807, 2.05) is 18.2 Å². The summed E-state index contributed by atoms with van der Waals surface area (Å²) in [6.07, 6.45) is 1.26. The number of nitrogens with zero attached hydrogens (tertiary/aromatic N) is 2. The predicted molar refractivity (Wildman–Crippen MR) is 123 cm³/mol. The van der Waals surface area contributed by atoms with E-state index in [9.17, 15) is 8.42 Å². The van der Waals surface area contributed by atoms with Gasteiger partial charge in [-0.25, -0.2) is 8.42 Å². The summed E-state index contributed by atoms with van der Waals surface area (Å²) in [5, 5.41) is 0. The molecule has 3 aromatic rings. The van der Waals surface area contributed by atoms with Crippen molar-refractivity contribution >= 4 is 15.5 Å². The second kappa shape index (κ2) is 8.62. The molecule has 4 rings (SSSR count). The van der Waals surface area contributed by atoms with E-state index >= 15 is 0 Å². The summed E-state index contributed by atoms with van der Waals surface area (Å²) in [5.41, 5.74) is 4.84. The van der Waals surface area contributed by atoms with Crippen LogP contribution in [0, 0.1) is 6.92 Å². The van der Waals surface area contributed by atoms with E-state index in [2.05, 4.69) is 65.3 Å². The molecule has 0 aliphatic carbocycles. The highest BCUT2D eigenvalue weighted by Crippen LogP contribution is 2.30. The van der Waals surface area contributed by atoms with Crippen molar-refractivity contribution in [2.75, 3.05) is 30.8 Å². The van der Waals surface area contributed by atoms with Gasteiger partial charge in [0.2, 0.25) is 0 Å². The van der Waals surface area contributed by atoms with Crippen LogP contribution in [0.3, 0.4) is 0 Å². The third kappa shape index (κ3) is 4.74. The highest BCUT2D eigenvalue weighted by Gasteiger charge is 2.28. The van der Waals surface area contributed by atoms with Gasteiger partial charge >= 0.3 is 0 Å².